The summed E-state index contributed by atoms with van der Waals surface area (Å²) in [4.78, 5) is 12.8. The number of ether oxygens (including phenoxy) is 1. The van der Waals surface area contributed by atoms with E-state index in [1.807, 2.05) is 6.07 Å². The predicted octanol–water partition coefficient (Wildman–Crippen LogP) is 2.50. The van der Waals surface area contributed by atoms with Crippen molar-refractivity contribution in [1.29, 1.82) is 5.26 Å². The second-order valence-corrected chi connectivity index (χ2v) is 8.83. The first kappa shape index (κ1) is 16.0. The molecule has 0 aromatic heterocycles. The quantitative estimate of drug-likeness (QED) is 0.794. The fourth-order valence-electron chi connectivity index (χ4n) is 3.81. The van der Waals surface area contributed by atoms with Gasteiger partial charge in [-0.3, -0.25) is 4.79 Å². The summed E-state index contributed by atoms with van der Waals surface area (Å²) >= 11 is 0. The number of nitriles is 1. The maximum atomic E-state index is 12.8. The van der Waals surface area contributed by atoms with Crippen LogP contribution in [0.5, 0.6) is 5.75 Å². The Hall–Kier alpha value is -1.87. The largest absolute Gasteiger partial charge is 0.495 e. The van der Waals surface area contributed by atoms with E-state index in [2.05, 4.69) is 0 Å². The summed E-state index contributed by atoms with van der Waals surface area (Å²) in [6.07, 6.45) is 3.07. The van der Waals surface area contributed by atoms with Crippen LogP contribution >= 0.6 is 0 Å². The number of ketones is 1. The lowest BCUT2D eigenvalue weighted by Gasteiger charge is -2.38. The summed E-state index contributed by atoms with van der Waals surface area (Å²) in [5.41, 5.74) is 0.784. The SMILES string of the molecule is COc1ccc(C(=O)C2CC3CCCC(C2)S3(=O)=O)cc1C#N. The standard InChI is InChI=1S/C17H19NO4S/c1-22-16-6-5-11(7-13(16)10-18)17(19)12-8-14-3-2-4-15(9-12)23(14,20)21/h5-7,12,14-15H,2-4,8-9H2,1H3. The van der Waals surface area contributed by atoms with Crippen molar-refractivity contribution in [3.8, 4) is 11.8 Å². The zero-order valence-electron chi connectivity index (χ0n) is 13.0. The van der Waals surface area contributed by atoms with E-state index in [4.69, 9.17) is 10.00 Å². The zero-order chi connectivity index (χ0) is 16.6. The number of carbonyl (C=O) groups excluding carboxylic acids is 1. The molecule has 2 aliphatic rings. The lowest BCUT2D eigenvalue weighted by atomic mass is 9.84. The fraction of sp³-hybridized carbons (Fsp3) is 0.529. The highest BCUT2D eigenvalue weighted by Crippen LogP contribution is 2.40. The summed E-state index contributed by atoms with van der Waals surface area (Å²) in [5, 5.41) is 8.39. The van der Waals surface area contributed by atoms with Gasteiger partial charge in [0.25, 0.3) is 0 Å². The number of sulfone groups is 1. The second-order valence-electron chi connectivity index (χ2n) is 6.32. The van der Waals surface area contributed by atoms with Gasteiger partial charge in [0.05, 0.1) is 23.2 Å². The van der Waals surface area contributed by atoms with Gasteiger partial charge in [0, 0.05) is 11.5 Å². The van der Waals surface area contributed by atoms with Gasteiger partial charge in [-0.15, -0.1) is 0 Å². The third kappa shape index (κ3) is 2.74. The Labute approximate surface area is 136 Å². The van der Waals surface area contributed by atoms with Crippen LogP contribution < -0.4 is 4.74 Å². The van der Waals surface area contributed by atoms with Crippen molar-refractivity contribution in [2.45, 2.75) is 42.6 Å². The first-order chi connectivity index (χ1) is 11.0. The van der Waals surface area contributed by atoms with Gasteiger partial charge >= 0.3 is 0 Å². The Kier molecular flexibility index (Phi) is 4.15. The van der Waals surface area contributed by atoms with Crippen molar-refractivity contribution >= 4 is 15.6 Å². The molecule has 1 aromatic rings. The molecule has 0 N–H and O–H groups in total. The van der Waals surface area contributed by atoms with Gasteiger partial charge in [-0.05, 0) is 43.9 Å². The highest BCUT2D eigenvalue weighted by atomic mass is 32.2. The van der Waals surface area contributed by atoms with E-state index in [-0.39, 0.29) is 22.2 Å². The Morgan fingerprint density at radius 2 is 1.91 bits per heavy atom. The topological polar surface area (TPSA) is 84.2 Å². The highest BCUT2D eigenvalue weighted by Gasteiger charge is 2.46. The minimum Gasteiger partial charge on any atom is -0.495 e. The normalized spacial score (nSPS) is 28.6. The van der Waals surface area contributed by atoms with E-state index in [0.29, 0.717) is 42.6 Å². The number of nitrogens with zero attached hydrogens (tertiary/aromatic N) is 1. The predicted molar refractivity (Wildman–Crippen MR) is 85.1 cm³/mol. The average molecular weight is 333 g/mol. The van der Waals surface area contributed by atoms with E-state index in [1.165, 1.54) is 7.11 Å². The van der Waals surface area contributed by atoms with Crippen molar-refractivity contribution in [2.75, 3.05) is 7.11 Å². The van der Waals surface area contributed by atoms with E-state index >= 15 is 0 Å². The number of Topliss-reactive ketones (excluding diaryl/α,β-unsaturated/α-hetero) is 1. The van der Waals surface area contributed by atoms with Gasteiger partial charge in [-0.25, -0.2) is 8.42 Å². The van der Waals surface area contributed by atoms with Gasteiger partial charge in [0.2, 0.25) is 0 Å². The summed E-state index contributed by atoms with van der Waals surface area (Å²) in [6, 6.07) is 6.84. The third-order valence-corrected chi connectivity index (χ3v) is 7.77. The second kappa shape index (κ2) is 5.97. The molecule has 2 bridgehead atoms. The van der Waals surface area contributed by atoms with Gasteiger partial charge in [-0.1, -0.05) is 6.42 Å². The van der Waals surface area contributed by atoms with E-state index in [9.17, 15) is 13.2 Å². The minimum atomic E-state index is -3.06. The molecule has 5 nitrogen and oxygen atoms in total. The molecule has 6 heteroatoms. The molecule has 122 valence electrons. The Balaban J connectivity index is 1.86. The molecule has 0 aliphatic carbocycles. The molecule has 0 saturated carbocycles. The van der Waals surface area contributed by atoms with E-state index in [0.717, 1.165) is 6.42 Å². The summed E-state index contributed by atoms with van der Waals surface area (Å²) in [5.74, 6) is 0.108. The molecule has 2 heterocycles. The molecular weight excluding hydrogens is 314 g/mol. The maximum Gasteiger partial charge on any atom is 0.166 e. The van der Waals surface area contributed by atoms with Crippen LogP contribution in [0, 0.1) is 17.2 Å². The summed E-state index contributed by atoms with van der Waals surface area (Å²) in [6.45, 7) is 0. The van der Waals surface area contributed by atoms with Gasteiger partial charge in [0.1, 0.15) is 11.8 Å². The van der Waals surface area contributed by atoms with Crippen LogP contribution in [-0.4, -0.2) is 31.8 Å². The van der Waals surface area contributed by atoms with Crippen LogP contribution in [0.4, 0.5) is 0 Å². The molecule has 0 amide bonds. The zero-order valence-corrected chi connectivity index (χ0v) is 13.8. The number of fused-ring (bicyclic) bond motifs is 2. The molecule has 2 atom stereocenters. The minimum absolute atomic E-state index is 0.0593. The Bertz CT molecular complexity index is 758. The van der Waals surface area contributed by atoms with Crippen molar-refractivity contribution in [1.82, 2.24) is 0 Å². The monoisotopic (exact) mass is 333 g/mol. The molecule has 2 aliphatic heterocycles. The Morgan fingerprint density at radius 3 is 2.48 bits per heavy atom. The number of rotatable bonds is 3. The van der Waals surface area contributed by atoms with Crippen molar-refractivity contribution < 1.29 is 17.9 Å². The van der Waals surface area contributed by atoms with Gasteiger partial charge < -0.3 is 4.74 Å². The first-order valence-electron chi connectivity index (χ1n) is 7.82. The average Bonchev–Trinajstić information content (AvgIpc) is 2.52. The summed E-state index contributed by atoms with van der Waals surface area (Å²) in [7, 11) is -1.59. The van der Waals surface area contributed by atoms with Crippen LogP contribution in [0.3, 0.4) is 0 Å². The van der Waals surface area contributed by atoms with Crippen molar-refractivity contribution in [3.63, 3.8) is 0 Å². The number of methoxy groups -OCH3 is 1. The van der Waals surface area contributed by atoms with E-state index < -0.39 is 9.84 Å². The molecule has 0 spiro atoms. The number of hydrogen-bond acceptors (Lipinski definition) is 5. The van der Waals surface area contributed by atoms with E-state index in [1.54, 1.807) is 18.2 Å². The van der Waals surface area contributed by atoms with Crippen LogP contribution in [0.1, 0.15) is 48.0 Å². The number of benzene rings is 1. The molecular formula is C17H19NO4S. The maximum absolute atomic E-state index is 12.8. The fourth-order valence-corrected chi connectivity index (χ4v) is 6.34. The lowest BCUT2D eigenvalue weighted by Crippen LogP contribution is -2.45. The molecule has 23 heavy (non-hydrogen) atoms. The first-order valence-corrected chi connectivity index (χ1v) is 9.43. The van der Waals surface area contributed by atoms with Crippen LogP contribution in [-0.2, 0) is 9.84 Å². The van der Waals surface area contributed by atoms with Crippen molar-refractivity contribution in [3.05, 3.63) is 29.3 Å². The molecule has 2 fully saturated rings. The number of carbonyl (C=O) groups is 1. The molecule has 0 radical (unpaired) electrons. The molecule has 2 saturated heterocycles. The van der Waals surface area contributed by atoms with Crippen LogP contribution in [0.25, 0.3) is 0 Å². The van der Waals surface area contributed by atoms with Gasteiger partial charge in [0.15, 0.2) is 15.6 Å². The van der Waals surface area contributed by atoms with Gasteiger partial charge in [-0.2, -0.15) is 5.26 Å². The third-order valence-electron chi connectivity index (χ3n) is 5.05. The van der Waals surface area contributed by atoms with Crippen molar-refractivity contribution in [2.24, 2.45) is 5.92 Å². The summed E-state index contributed by atoms with van der Waals surface area (Å²) < 4.78 is 29.7. The molecule has 2 unspecified atom stereocenters. The number of hydrogen-bond donors (Lipinski definition) is 0. The lowest BCUT2D eigenvalue weighted by molar-refractivity contribution is 0.0894. The molecule has 1 aromatic carbocycles. The molecule has 3 rings (SSSR count). The van der Waals surface area contributed by atoms with Crippen LogP contribution in [0.15, 0.2) is 18.2 Å². The Morgan fingerprint density at radius 1 is 1.26 bits per heavy atom. The highest BCUT2D eigenvalue weighted by molar-refractivity contribution is 7.92. The van der Waals surface area contributed by atoms with Crippen LogP contribution in [0.2, 0.25) is 0 Å². The smallest absolute Gasteiger partial charge is 0.166 e.